The molecule has 1 aliphatic heterocycles. The van der Waals surface area contributed by atoms with E-state index in [0.717, 1.165) is 71.8 Å². The first kappa shape index (κ1) is 26.3. The topological polar surface area (TPSA) is 77.0 Å². The molecular weight excluding hydrogens is 601 g/mol. The van der Waals surface area contributed by atoms with Crippen LogP contribution >= 0.6 is 11.8 Å². The predicted molar refractivity (Wildman–Crippen MR) is 189 cm³/mol. The van der Waals surface area contributed by atoms with Crippen molar-refractivity contribution in [3.05, 3.63) is 139 Å². The Morgan fingerprint density at radius 3 is 2.11 bits per heavy atom. The summed E-state index contributed by atoms with van der Waals surface area (Å²) < 4.78 is 12.9. The maximum absolute atomic E-state index is 6.80. The van der Waals surface area contributed by atoms with Gasteiger partial charge in [-0.2, -0.15) is 0 Å². The maximum atomic E-state index is 6.80. The number of hydrogen-bond acceptors (Lipinski definition) is 7. The van der Waals surface area contributed by atoms with Crippen LogP contribution in [0.15, 0.2) is 147 Å². The van der Waals surface area contributed by atoms with Gasteiger partial charge < -0.3 is 14.2 Å². The summed E-state index contributed by atoms with van der Waals surface area (Å²) in [4.78, 5) is 16.3. The van der Waals surface area contributed by atoms with Crippen molar-refractivity contribution in [2.75, 3.05) is 5.32 Å². The molecule has 222 valence electrons. The molecule has 0 bridgehead atoms. The molecule has 1 atom stereocenters. The van der Waals surface area contributed by atoms with Crippen LogP contribution in [0.2, 0.25) is 0 Å². The largest absolute Gasteiger partial charge is 0.456 e. The van der Waals surface area contributed by atoms with Gasteiger partial charge in [0.25, 0.3) is 0 Å². The molecular formula is C40H24N4O2S. The van der Waals surface area contributed by atoms with Crippen molar-refractivity contribution >= 4 is 61.3 Å². The summed E-state index contributed by atoms with van der Waals surface area (Å²) in [5.41, 5.74) is 8.15. The van der Waals surface area contributed by atoms with E-state index in [1.807, 2.05) is 72.8 Å². The first-order valence-corrected chi connectivity index (χ1v) is 16.3. The fraction of sp³-hybridized carbons (Fsp3) is 0.0250. The molecule has 7 heteroatoms. The zero-order valence-corrected chi connectivity index (χ0v) is 25.7. The lowest BCUT2D eigenvalue weighted by molar-refractivity contribution is 0.664. The zero-order valence-electron chi connectivity index (χ0n) is 24.8. The molecule has 0 spiro atoms. The predicted octanol–water partition coefficient (Wildman–Crippen LogP) is 10.9. The van der Waals surface area contributed by atoms with Crippen LogP contribution in [0.3, 0.4) is 0 Å². The third-order valence-electron chi connectivity index (χ3n) is 8.80. The second kappa shape index (κ2) is 10.3. The van der Waals surface area contributed by atoms with Gasteiger partial charge in [0.15, 0.2) is 17.5 Å². The normalized spacial score (nSPS) is 14.3. The van der Waals surface area contributed by atoms with Crippen molar-refractivity contribution in [3.8, 4) is 34.2 Å². The van der Waals surface area contributed by atoms with Crippen LogP contribution in [-0.4, -0.2) is 15.0 Å². The van der Waals surface area contributed by atoms with E-state index >= 15 is 0 Å². The summed E-state index contributed by atoms with van der Waals surface area (Å²) in [7, 11) is 0. The van der Waals surface area contributed by atoms with Crippen molar-refractivity contribution in [2.45, 2.75) is 10.3 Å². The van der Waals surface area contributed by atoms with Crippen LogP contribution in [0.5, 0.6) is 0 Å². The third kappa shape index (κ3) is 4.24. The minimum atomic E-state index is 0.0440. The Labute approximate surface area is 273 Å². The summed E-state index contributed by atoms with van der Waals surface area (Å²) in [5, 5.41) is 7.88. The molecule has 6 aromatic carbocycles. The highest BCUT2D eigenvalue weighted by molar-refractivity contribution is 8.00. The summed E-state index contributed by atoms with van der Waals surface area (Å²) in [6.07, 6.45) is 0. The summed E-state index contributed by atoms with van der Waals surface area (Å²) >= 11 is 1.80. The van der Waals surface area contributed by atoms with Crippen molar-refractivity contribution in [1.29, 1.82) is 0 Å². The van der Waals surface area contributed by atoms with Gasteiger partial charge in [0.05, 0.1) is 5.56 Å². The highest BCUT2D eigenvalue weighted by Gasteiger charge is 2.27. The second-order valence-corrected chi connectivity index (χ2v) is 12.8. The molecule has 0 aliphatic carbocycles. The Hall–Kier alpha value is -5.92. The van der Waals surface area contributed by atoms with E-state index in [1.54, 1.807) is 11.8 Å². The summed E-state index contributed by atoms with van der Waals surface area (Å²) in [5.74, 6) is 1.73. The van der Waals surface area contributed by atoms with Gasteiger partial charge in [-0.1, -0.05) is 103 Å². The minimum Gasteiger partial charge on any atom is -0.456 e. The molecule has 1 unspecified atom stereocenters. The van der Waals surface area contributed by atoms with Crippen LogP contribution < -0.4 is 5.32 Å². The van der Waals surface area contributed by atoms with Crippen molar-refractivity contribution < 1.29 is 8.83 Å². The number of furan rings is 2. The minimum absolute atomic E-state index is 0.0440. The van der Waals surface area contributed by atoms with Gasteiger partial charge in [0.2, 0.25) is 0 Å². The van der Waals surface area contributed by atoms with Gasteiger partial charge in [-0.15, -0.1) is 0 Å². The number of benzene rings is 6. The average molecular weight is 625 g/mol. The highest BCUT2D eigenvalue weighted by atomic mass is 32.2. The SMILES string of the molecule is c1ccc(-c2nc(-c3ccc4oc5ccccc5c4c3)nc(-c3cccc4c3oc3c(C5Nc6ccccc6S5)cccc34)n2)cc1. The van der Waals surface area contributed by atoms with Gasteiger partial charge in [-0.05, 0) is 42.5 Å². The van der Waals surface area contributed by atoms with E-state index in [0.29, 0.717) is 17.5 Å². The van der Waals surface area contributed by atoms with E-state index in [1.165, 1.54) is 4.90 Å². The first-order chi connectivity index (χ1) is 23.3. The lowest BCUT2D eigenvalue weighted by Crippen LogP contribution is -2.01. The molecule has 47 heavy (non-hydrogen) atoms. The Morgan fingerprint density at radius 2 is 1.21 bits per heavy atom. The van der Waals surface area contributed by atoms with E-state index in [4.69, 9.17) is 23.8 Å². The average Bonchev–Trinajstić information content (AvgIpc) is 3.85. The van der Waals surface area contributed by atoms with Crippen LogP contribution in [0.25, 0.3) is 78.0 Å². The Balaban J connectivity index is 1.16. The third-order valence-corrected chi connectivity index (χ3v) is 10.0. The number of rotatable bonds is 4. The van der Waals surface area contributed by atoms with Crippen LogP contribution in [0, 0.1) is 0 Å². The van der Waals surface area contributed by atoms with E-state index < -0.39 is 0 Å². The fourth-order valence-electron chi connectivity index (χ4n) is 6.56. The Kier molecular flexibility index (Phi) is 5.77. The van der Waals surface area contributed by atoms with Gasteiger partial charge in [-0.25, -0.2) is 15.0 Å². The fourth-order valence-corrected chi connectivity index (χ4v) is 7.72. The van der Waals surface area contributed by atoms with Crippen LogP contribution in [0.4, 0.5) is 5.69 Å². The van der Waals surface area contributed by atoms with Crippen LogP contribution in [0.1, 0.15) is 10.9 Å². The van der Waals surface area contributed by atoms with Crippen molar-refractivity contribution in [2.24, 2.45) is 0 Å². The number of aromatic nitrogens is 3. The van der Waals surface area contributed by atoms with Gasteiger partial charge in [0.1, 0.15) is 27.7 Å². The lowest BCUT2D eigenvalue weighted by Gasteiger charge is -2.11. The summed E-state index contributed by atoms with van der Waals surface area (Å²) in [6, 6.07) is 45.2. The van der Waals surface area contributed by atoms with Crippen LogP contribution in [-0.2, 0) is 0 Å². The molecule has 9 aromatic rings. The Morgan fingerprint density at radius 1 is 0.511 bits per heavy atom. The van der Waals surface area contributed by atoms with Gasteiger partial charge >= 0.3 is 0 Å². The highest BCUT2D eigenvalue weighted by Crippen LogP contribution is 2.49. The molecule has 3 aromatic heterocycles. The van der Waals surface area contributed by atoms with Gasteiger partial charge in [0, 0.05) is 48.8 Å². The molecule has 0 amide bonds. The van der Waals surface area contributed by atoms with E-state index in [2.05, 4.69) is 66.0 Å². The number of thioether (sulfide) groups is 1. The van der Waals surface area contributed by atoms with Crippen molar-refractivity contribution in [3.63, 3.8) is 0 Å². The summed E-state index contributed by atoms with van der Waals surface area (Å²) in [6.45, 7) is 0. The molecule has 10 rings (SSSR count). The molecule has 1 N–H and O–H groups in total. The number of hydrogen-bond donors (Lipinski definition) is 1. The number of fused-ring (bicyclic) bond motifs is 7. The standard InChI is InChI=1S/C40H24N4O2S/c1-2-10-23(11-3-1)37-42-38(24-20-21-33-30(22-24)25-12-4-6-18-32(25)45-33)44-39(43-37)28-15-8-13-26-27-14-9-16-29(36(27)46-35(26)28)40-41-31-17-5-7-19-34(31)47-40/h1-22,40-41H. The number of para-hydroxylation sites is 4. The number of nitrogens with one attached hydrogen (secondary N) is 1. The number of anilines is 1. The quantitative estimate of drug-likeness (QED) is 0.209. The molecule has 1 aliphatic rings. The molecule has 0 fully saturated rings. The maximum Gasteiger partial charge on any atom is 0.167 e. The molecule has 4 heterocycles. The van der Waals surface area contributed by atoms with Crippen molar-refractivity contribution in [1.82, 2.24) is 15.0 Å². The first-order valence-electron chi connectivity index (χ1n) is 15.5. The Bertz CT molecular complexity index is 2640. The molecule has 0 saturated carbocycles. The zero-order chi connectivity index (χ0) is 30.9. The van der Waals surface area contributed by atoms with E-state index in [9.17, 15) is 0 Å². The molecule has 6 nitrogen and oxygen atoms in total. The lowest BCUT2D eigenvalue weighted by atomic mass is 10.1. The molecule has 0 saturated heterocycles. The van der Waals surface area contributed by atoms with Gasteiger partial charge in [-0.3, -0.25) is 0 Å². The van der Waals surface area contributed by atoms with E-state index in [-0.39, 0.29) is 5.37 Å². The second-order valence-electron chi connectivity index (χ2n) is 11.6. The number of nitrogens with zero attached hydrogens (tertiary/aromatic N) is 3. The monoisotopic (exact) mass is 624 g/mol. The molecule has 0 radical (unpaired) electrons. The smallest absolute Gasteiger partial charge is 0.167 e.